The fourth-order valence-corrected chi connectivity index (χ4v) is 3.57. The Bertz CT molecular complexity index is 207. The summed E-state index contributed by atoms with van der Waals surface area (Å²) >= 11 is 0. The third kappa shape index (κ3) is 2.54. The van der Waals surface area contributed by atoms with Gasteiger partial charge in [-0.25, -0.2) is 0 Å². The average Bonchev–Trinajstić information content (AvgIpc) is 2.15. The molecule has 2 fully saturated rings. The maximum absolute atomic E-state index is 6.34. The van der Waals surface area contributed by atoms with E-state index in [9.17, 15) is 0 Å². The molecule has 0 bridgehead atoms. The van der Waals surface area contributed by atoms with Crippen LogP contribution >= 0.6 is 0 Å². The van der Waals surface area contributed by atoms with Crippen LogP contribution in [0, 0.1) is 11.8 Å². The fraction of sp³-hybridized carbons (Fsp3) is 1.00. The molecular formula is C13H25NO. The Morgan fingerprint density at radius 3 is 2.53 bits per heavy atom. The smallest absolute Gasteiger partial charge is 0.0815 e. The van der Waals surface area contributed by atoms with Gasteiger partial charge in [0.1, 0.15) is 0 Å². The van der Waals surface area contributed by atoms with E-state index in [-0.39, 0.29) is 5.60 Å². The van der Waals surface area contributed by atoms with Crippen molar-refractivity contribution in [1.29, 1.82) is 0 Å². The van der Waals surface area contributed by atoms with Gasteiger partial charge >= 0.3 is 0 Å². The van der Waals surface area contributed by atoms with Crippen LogP contribution in [0.5, 0.6) is 0 Å². The molecule has 1 heterocycles. The highest BCUT2D eigenvalue weighted by Gasteiger charge is 2.42. The molecular weight excluding hydrogens is 186 g/mol. The first-order valence-corrected chi connectivity index (χ1v) is 6.52. The number of hydrogen-bond donors (Lipinski definition) is 1. The Hall–Kier alpha value is -0.0800. The van der Waals surface area contributed by atoms with Gasteiger partial charge in [-0.15, -0.1) is 0 Å². The lowest BCUT2D eigenvalue weighted by Crippen LogP contribution is -2.56. The molecule has 88 valence electrons. The molecule has 1 saturated heterocycles. The van der Waals surface area contributed by atoms with Crippen LogP contribution in [0.25, 0.3) is 0 Å². The van der Waals surface area contributed by atoms with Gasteiger partial charge in [0, 0.05) is 13.1 Å². The number of ether oxygens (including phenoxy) is 1. The largest absolute Gasteiger partial charge is 0.369 e. The Labute approximate surface area is 93.8 Å². The minimum Gasteiger partial charge on any atom is -0.369 e. The highest BCUT2D eigenvalue weighted by Crippen LogP contribution is 2.40. The summed E-state index contributed by atoms with van der Waals surface area (Å²) in [7, 11) is 0. The molecule has 1 saturated carbocycles. The van der Waals surface area contributed by atoms with E-state index in [2.05, 4.69) is 26.1 Å². The van der Waals surface area contributed by atoms with Gasteiger partial charge in [-0.3, -0.25) is 0 Å². The zero-order valence-electron chi connectivity index (χ0n) is 10.4. The van der Waals surface area contributed by atoms with Gasteiger partial charge in [0.05, 0.1) is 11.7 Å². The van der Waals surface area contributed by atoms with Crippen LogP contribution in [0.2, 0.25) is 0 Å². The maximum Gasteiger partial charge on any atom is 0.0815 e. The van der Waals surface area contributed by atoms with E-state index in [0.717, 1.165) is 31.3 Å². The van der Waals surface area contributed by atoms with Crippen molar-refractivity contribution in [2.75, 3.05) is 13.1 Å². The van der Waals surface area contributed by atoms with Gasteiger partial charge in [0.2, 0.25) is 0 Å². The average molecular weight is 211 g/mol. The summed E-state index contributed by atoms with van der Waals surface area (Å²) in [6.07, 6.45) is 5.46. The predicted molar refractivity (Wildman–Crippen MR) is 62.9 cm³/mol. The Kier molecular flexibility index (Phi) is 3.36. The number of nitrogens with one attached hydrogen (secondary N) is 1. The summed E-state index contributed by atoms with van der Waals surface area (Å²) in [4.78, 5) is 0. The maximum atomic E-state index is 6.34. The van der Waals surface area contributed by atoms with E-state index in [1.165, 1.54) is 19.3 Å². The lowest BCUT2D eigenvalue weighted by molar-refractivity contribution is -0.150. The highest BCUT2D eigenvalue weighted by atomic mass is 16.5. The monoisotopic (exact) mass is 211 g/mol. The lowest BCUT2D eigenvalue weighted by Gasteiger charge is -2.47. The molecule has 2 rings (SSSR count). The van der Waals surface area contributed by atoms with Crippen molar-refractivity contribution in [2.45, 2.75) is 58.2 Å². The highest BCUT2D eigenvalue weighted by molar-refractivity contribution is 4.94. The first-order chi connectivity index (χ1) is 7.13. The van der Waals surface area contributed by atoms with Crippen molar-refractivity contribution in [3.63, 3.8) is 0 Å². The van der Waals surface area contributed by atoms with Crippen molar-refractivity contribution < 1.29 is 4.74 Å². The van der Waals surface area contributed by atoms with Gasteiger partial charge in [-0.2, -0.15) is 0 Å². The van der Waals surface area contributed by atoms with Crippen molar-refractivity contribution in [2.24, 2.45) is 11.8 Å². The molecule has 3 atom stereocenters. The summed E-state index contributed by atoms with van der Waals surface area (Å²) in [6.45, 7) is 9.08. The molecule has 0 aromatic carbocycles. The van der Waals surface area contributed by atoms with Gasteiger partial charge in [-0.05, 0) is 37.5 Å². The molecule has 0 aromatic heterocycles. The lowest BCUT2D eigenvalue weighted by atomic mass is 9.73. The van der Waals surface area contributed by atoms with Crippen LogP contribution in [-0.2, 0) is 4.74 Å². The minimum absolute atomic E-state index is 0.163. The van der Waals surface area contributed by atoms with E-state index >= 15 is 0 Å². The van der Waals surface area contributed by atoms with Gasteiger partial charge in [0.25, 0.3) is 0 Å². The molecule has 0 aromatic rings. The topological polar surface area (TPSA) is 21.3 Å². The van der Waals surface area contributed by atoms with Crippen LogP contribution < -0.4 is 5.32 Å². The normalized spacial score (nSPS) is 47.0. The predicted octanol–water partition coefficient (Wildman–Crippen LogP) is 2.58. The number of hydrogen-bond acceptors (Lipinski definition) is 2. The second-order valence-electron chi connectivity index (χ2n) is 5.82. The molecule has 1 spiro atoms. The van der Waals surface area contributed by atoms with Gasteiger partial charge in [0.15, 0.2) is 0 Å². The van der Waals surface area contributed by atoms with Crippen LogP contribution in [0.1, 0.15) is 46.5 Å². The quantitative estimate of drug-likeness (QED) is 0.720. The first-order valence-electron chi connectivity index (χ1n) is 6.52. The summed E-state index contributed by atoms with van der Waals surface area (Å²) in [5, 5.41) is 3.56. The molecule has 0 amide bonds. The number of rotatable bonds is 1. The van der Waals surface area contributed by atoms with Crippen molar-refractivity contribution in [3.05, 3.63) is 0 Å². The van der Waals surface area contributed by atoms with E-state index in [4.69, 9.17) is 4.74 Å². The zero-order valence-corrected chi connectivity index (χ0v) is 10.4. The summed E-state index contributed by atoms with van der Waals surface area (Å²) in [6, 6.07) is 0. The standard InChI is InChI=1S/C13H25NO/c1-4-12-8-14-9-13(15-12)6-10(2)5-11(3)7-13/h10-12,14H,4-9H2,1-3H3. The molecule has 1 aliphatic heterocycles. The Balaban J connectivity index is 2.04. The molecule has 3 unspecified atom stereocenters. The third-order valence-electron chi connectivity index (χ3n) is 3.94. The Morgan fingerprint density at radius 2 is 1.93 bits per heavy atom. The summed E-state index contributed by atoms with van der Waals surface area (Å²) < 4.78 is 6.34. The Morgan fingerprint density at radius 1 is 1.27 bits per heavy atom. The van der Waals surface area contributed by atoms with Crippen LogP contribution in [0.3, 0.4) is 0 Å². The van der Waals surface area contributed by atoms with Gasteiger partial charge in [-0.1, -0.05) is 20.8 Å². The second kappa shape index (κ2) is 4.42. The van der Waals surface area contributed by atoms with Crippen LogP contribution in [0.4, 0.5) is 0 Å². The van der Waals surface area contributed by atoms with Crippen LogP contribution in [-0.4, -0.2) is 24.8 Å². The molecule has 1 aliphatic carbocycles. The van der Waals surface area contributed by atoms with Gasteiger partial charge < -0.3 is 10.1 Å². The second-order valence-corrected chi connectivity index (χ2v) is 5.82. The van der Waals surface area contributed by atoms with Crippen LogP contribution in [0.15, 0.2) is 0 Å². The molecule has 2 aliphatic rings. The first kappa shape index (κ1) is 11.4. The van der Waals surface area contributed by atoms with Crippen molar-refractivity contribution in [3.8, 4) is 0 Å². The van der Waals surface area contributed by atoms with E-state index in [1.807, 2.05) is 0 Å². The van der Waals surface area contributed by atoms with Crippen molar-refractivity contribution in [1.82, 2.24) is 5.32 Å². The molecule has 2 nitrogen and oxygen atoms in total. The van der Waals surface area contributed by atoms with E-state index in [1.54, 1.807) is 0 Å². The molecule has 15 heavy (non-hydrogen) atoms. The SMILES string of the molecule is CCC1CNCC2(CC(C)CC(C)C2)O1. The zero-order chi connectivity index (χ0) is 10.9. The molecule has 2 heteroatoms. The fourth-order valence-electron chi connectivity index (χ4n) is 3.57. The van der Waals surface area contributed by atoms with E-state index < -0.39 is 0 Å². The molecule has 1 N–H and O–H groups in total. The number of morpholine rings is 1. The summed E-state index contributed by atoms with van der Waals surface area (Å²) in [5.74, 6) is 1.65. The minimum atomic E-state index is 0.163. The van der Waals surface area contributed by atoms with E-state index in [0.29, 0.717) is 6.10 Å². The molecule has 0 radical (unpaired) electrons. The summed E-state index contributed by atoms with van der Waals surface area (Å²) in [5.41, 5.74) is 0.163. The third-order valence-corrected chi connectivity index (χ3v) is 3.94. The van der Waals surface area contributed by atoms with Crippen molar-refractivity contribution >= 4 is 0 Å².